The number of hydrogen-bond donors (Lipinski definition) is 3. The number of aliphatic hydroxyl groups excluding tert-OH is 1. The molecular formula is C21H33BrIN3O2. The molecule has 1 heterocycles. The summed E-state index contributed by atoms with van der Waals surface area (Å²) in [7, 11) is 1.82. The Morgan fingerprint density at radius 2 is 1.96 bits per heavy atom. The van der Waals surface area contributed by atoms with Crippen LogP contribution in [0.2, 0.25) is 0 Å². The van der Waals surface area contributed by atoms with Gasteiger partial charge in [-0.25, -0.2) is 0 Å². The summed E-state index contributed by atoms with van der Waals surface area (Å²) in [5.41, 5.74) is 1.58. The fourth-order valence-corrected chi connectivity index (χ4v) is 4.89. The Balaban J connectivity index is 0.00000280. The van der Waals surface area contributed by atoms with Crippen molar-refractivity contribution in [3.63, 3.8) is 0 Å². The Hall–Kier alpha value is -0.380. The van der Waals surface area contributed by atoms with Crippen LogP contribution in [0.25, 0.3) is 0 Å². The average Bonchev–Trinajstić information content (AvgIpc) is 3.33. The van der Waals surface area contributed by atoms with Gasteiger partial charge in [0, 0.05) is 48.7 Å². The molecule has 2 aliphatic rings. The lowest BCUT2D eigenvalue weighted by atomic mass is 9.79. The van der Waals surface area contributed by atoms with Gasteiger partial charge in [0.15, 0.2) is 5.96 Å². The van der Waals surface area contributed by atoms with Crippen molar-refractivity contribution in [2.75, 3.05) is 40.0 Å². The molecule has 158 valence electrons. The molecular weight excluding hydrogens is 533 g/mol. The Morgan fingerprint density at radius 3 is 2.57 bits per heavy atom. The highest BCUT2D eigenvalue weighted by atomic mass is 127. The summed E-state index contributed by atoms with van der Waals surface area (Å²) in [5.74, 6) is 0.834. The van der Waals surface area contributed by atoms with E-state index >= 15 is 0 Å². The van der Waals surface area contributed by atoms with E-state index in [0.717, 1.165) is 43.0 Å². The average molecular weight is 566 g/mol. The predicted molar refractivity (Wildman–Crippen MR) is 129 cm³/mol. The standard InChI is InChI=1S/C21H32BrN3O2.HI/c1-23-19(24-14-20(9-11-26)10-12-27-16-20)25-15-21(7-2-3-8-21)17-5-4-6-18(22)13-17;/h4-6,13,26H,2-3,7-12,14-16H2,1H3,(H2,23,24,25);1H. The number of benzene rings is 1. The van der Waals surface area contributed by atoms with Crippen molar-refractivity contribution >= 4 is 45.9 Å². The Kier molecular flexibility index (Phi) is 9.50. The van der Waals surface area contributed by atoms with Crippen LogP contribution in [0.15, 0.2) is 33.7 Å². The van der Waals surface area contributed by atoms with Gasteiger partial charge in [-0.1, -0.05) is 40.9 Å². The predicted octanol–water partition coefficient (Wildman–Crippen LogP) is 3.83. The molecule has 5 nitrogen and oxygen atoms in total. The molecule has 1 aromatic carbocycles. The molecule has 2 fully saturated rings. The number of aliphatic hydroxyl groups is 1. The minimum absolute atomic E-state index is 0. The third-order valence-corrected chi connectivity index (χ3v) is 6.77. The Morgan fingerprint density at radius 1 is 1.21 bits per heavy atom. The van der Waals surface area contributed by atoms with Crippen molar-refractivity contribution in [2.24, 2.45) is 10.4 Å². The van der Waals surface area contributed by atoms with E-state index in [-0.39, 0.29) is 41.4 Å². The van der Waals surface area contributed by atoms with Crippen molar-refractivity contribution in [3.8, 4) is 0 Å². The number of hydrogen-bond acceptors (Lipinski definition) is 3. The smallest absolute Gasteiger partial charge is 0.191 e. The van der Waals surface area contributed by atoms with Crippen LogP contribution in [-0.2, 0) is 10.2 Å². The third-order valence-electron chi connectivity index (χ3n) is 6.27. The van der Waals surface area contributed by atoms with Crippen LogP contribution in [0.1, 0.15) is 44.1 Å². The van der Waals surface area contributed by atoms with Crippen LogP contribution in [0.3, 0.4) is 0 Å². The number of nitrogens with one attached hydrogen (secondary N) is 2. The summed E-state index contributed by atoms with van der Waals surface area (Å²) in [6.07, 6.45) is 6.71. The Bertz CT molecular complexity index is 644. The Labute approximate surface area is 194 Å². The first kappa shape index (κ1) is 23.9. The van der Waals surface area contributed by atoms with Crippen molar-refractivity contribution in [1.29, 1.82) is 0 Å². The number of halogens is 2. The molecule has 1 saturated carbocycles. The summed E-state index contributed by atoms with van der Waals surface area (Å²) in [5, 5.41) is 16.5. The van der Waals surface area contributed by atoms with Gasteiger partial charge < -0.3 is 20.5 Å². The molecule has 0 aromatic heterocycles. The zero-order valence-electron chi connectivity index (χ0n) is 16.7. The lowest BCUT2D eigenvalue weighted by Gasteiger charge is -2.32. The van der Waals surface area contributed by atoms with Crippen LogP contribution in [0.4, 0.5) is 0 Å². The molecule has 0 radical (unpaired) electrons. The van der Waals surface area contributed by atoms with Gasteiger partial charge in [-0.15, -0.1) is 24.0 Å². The summed E-state index contributed by atoms with van der Waals surface area (Å²) in [4.78, 5) is 4.43. The zero-order valence-corrected chi connectivity index (χ0v) is 20.6. The van der Waals surface area contributed by atoms with Crippen LogP contribution in [0, 0.1) is 5.41 Å². The largest absolute Gasteiger partial charge is 0.396 e. The number of ether oxygens (including phenoxy) is 1. The molecule has 1 aliphatic heterocycles. The lowest BCUT2D eigenvalue weighted by molar-refractivity contribution is 0.127. The van der Waals surface area contributed by atoms with E-state index in [0.29, 0.717) is 6.61 Å². The maximum atomic E-state index is 9.41. The van der Waals surface area contributed by atoms with E-state index in [1.54, 1.807) is 0 Å². The van der Waals surface area contributed by atoms with Gasteiger partial charge in [0.25, 0.3) is 0 Å². The molecule has 3 rings (SSSR count). The molecule has 1 atom stereocenters. The maximum absolute atomic E-state index is 9.41. The summed E-state index contributed by atoms with van der Waals surface area (Å²) in [6, 6.07) is 8.73. The van der Waals surface area contributed by atoms with Crippen molar-refractivity contribution in [2.45, 2.75) is 43.9 Å². The number of aliphatic imine (C=N–C) groups is 1. The lowest BCUT2D eigenvalue weighted by Crippen LogP contribution is -2.48. The van der Waals surface area contributed by atoms with E-state index < -0.39 is 0 Å². The molecule has 1 aliphatic carbocycles. The van der Waals surface area contributed by atoms with E-state index in [9.17, 15) is 5.11 Å². The molecule has 1 aromatic rings. The summed E-state index contributed by atoms with van der Waals surface area (Å²) in [6.45, 7) is 3.34. The second-order valence-electron chi connectivity index (χ2n) is 8.05. The van der Waals surface area contributed by atoms with Gasteiger partial charge in [-0.05, 0) is 43.4 Å². The van der Waals surface area contributed by atoms with E-state index in [1.807, 2.05) is 7.05 Å². The third kappa shape index (κ3) is 5.83. The van der Waals surface area contributed by atoms with Crippen molar-refractivity contribution in [1.82, 2.24) is 10.6 Å². The first-order valence-corrected chi connectivity index (χ1v) is 10.8. The van der Waals surface area contributed by atoms with Gasteiger partial charge in [-0.2, -0.15) is 0 Å². The number of guanidine groups is 1. The highest BCUT2D eigenvalue weighted by Crippen LogP contribution is 2.41. The molecule has 7 heteroatoms. The van der Waals surface area contributed by atoms with Crippen LogP contribution in [-0.4, -0.2) is 51.0 Å². The van der Waals surface area contributed by atoms with Crippen molar-refractivity contribution in [3.05, 3.63) is 34.3 Å². The molecule has 3 N–H and O–H groups in total. The summed E-state index contributed by atoms with van der Waals surface area (Å²) < 4.78 is 6.73. The van der Waals surface area contributed by atoms with Gasteiger partial charge >= 0.3 is 0 Å². The second-order valence-corrected chi connectivity index (χ2v) is 8.97. The minimum atomic E-state index is 0. The normalized spacial score (nSPS) is 24.0. The van der Waals surface area contributed by atoms with E-state index in [4.69, 9.17) is 4.74 Å². The monoisotopic (exact) mass is 565 g/mol. The highest BCUT2D eigenvalue weighted by Gasteiger charge is 2.37. The first-order chi connectivity index (χ1) is 13.1. The summed E-state index contributed by atoms with van der Waals surface area (Å²) >= 11 is 3.62. The zero-order chi connectivity index (χ0) is 19.2. The first-order valence-electron chi connectivity index (χ1n) is 10.0. The molecule has 28 heavy (non-hydrogen) atoms. The van der Waals surface area contributed by atoms with Crippen LogP contribution in [0.5, 0.6) is 0 Å². The molecule has 0 bridgehead atoms. The highest BCUT2D eigenvalue weighted by molar-refractivity contribution is 14.0. The number of nitrogens with zero attached hydrogens (tertiary/aromatic N) is 1. The van der Waals surface area contributed by atoms with Gasteiger partial charge in [-0.3, -0.25) is 4.99 Å². The SMILES string of the molecule is CN=C(NCC1(CCO)CCOC1)NCC1(c2cccc(Br)c2)CCCC1.I. The van der Waals surface area contributed by atoms with Crippen LogP contribution < -0.4 is 10.6 Å². The quantitative estimate of drug-likeness (QED) is 0.267. The van der Waals surface area contributed by atoms with Crippen molar-refractivity contribution < 1.29 is 9.84 Å². The van der Waals surface area contributed by atoms with E-state index in [2.05, 4.69) is 55.8 Å². The molecule has 1 unspecified atom stereocenters. The number of rotatable bonds is 7. The van der Waals surface area contributed by atoms with Crippen LogP contribution >= 0.6 is 39.9 Å². The van der Waals surface area contributed by atoms with E-state index in [1.165, 1.54) is 31.2 Å². The topological polar surface area (TPSA) is 65.9 Å². The second kappa shape index (κ2) is 11.1. The minimum Gasteiger partial charge on any atom is -0.396 e. The fourth-order valence-electron chi connectivity index (χ4n) is 4.49. The van der Waals surface area contributed by atoms with Gasteiger partial charge in [0.2, 0.25) is 0 Å². The van der Waals surface area contributed by atoms with Gasteiger partial charge in [0.05, 0.1) is 6.61 Å². The molecule has 0 amide bonds. The molecule has 1 saturated heterocycles. The van der Waals surface area contributed by atoms with Gasteiger partial charge in [0.1, 0.15) is 0 Å². The fraction of sp³-hybridized carbons (Fsp3) is 0.667. The maximum Gasteiger partial charge on any atom is 0.191 e. The molecule has 0 spiro atoms.